The van der Waals surface area contributed by atoms with Gasteiger partial charge in [0.2, 0.25) is 0 Å². The van der Waals surface area contributed by atoms with E-state index in [-0.39, 0.29) is 18.9 Å². The van der Waals surface area contributed by atoms with E-state index in [1.165, 1.54) is 0 Å². The van der Waals surface area contributed by atoms with Crippen molar-refractivity contribution in [2.45, 2.75) is 0 Å². The number of carbonyl (C=O) groups is 2. The van der Waals surface area contributed by atoms with Crippen molar-refractivity contribution in [2.24, 2.45) is 0 Å². The zero-order valence-corrected chi connectivity index (χ0v) is 6.82. The predicted molar refractivity (Wildman–Crippen MR) is 43.4 cm³/mol. The SMILES string of the molecule is O=C(OCl)C(=O)OCl.OB(O)O.[LiH]. The number of hydrogen-bond acceptors (Lipinski definition) is 7. The molecule has 3 N–H and O–H groups in total. The molecule has 0 saturated carbocycles. The van der Waals surface area contributed by atoms with E-state index >= 15 is 0 Å². The van der Waals surface area contributed by atoms with Crippen molar-refractivity contribution in [3.05, 3.63) is 0 Å². The van der Waals surface area contributed by atoms with E-state index in [1.54, 1.807) is 0 Å². The van der Waals surface area contributed by atoms with Crippen molar-refractivity contribution in [3.63, 3.8) is 0 Å². The molecule has 0 aliphatic carbocycles. The normalized spacial score (nSPS) is 6.85. The summed E-state index contributed by atoms with van der Waals surface area (Å²) in [5.41, 5.74) is 0. The van der Waals surface area contributed by atoms with Gasteiger partial charge in [-0.25, -0.2) is 9.59 Å². The molecule has 0 saturated heterocycles. The number of rotatable bonds is 0. The van der Waals surface area contributed by atoms with Gasteiger partial charge in [0.1, 0.15) is 23.7 Å². The van der Waals surface area contributed by atoms with Crippen LogP contribution in [0.5, 0.6) is 0 Å². The van der Waals surface area contributed by atoms with Gasteiger partial charge >= 0.3 is 38.1 Å². The van der Waals surface area contributed by atoms with Crippen LogP contribution in [0.4, 0.5) is 0 Å². The summed E-state index contributed by atoms with van der Waals surface area (Å²) in [6.07, 6.45) is 0. The third kappa shape index (κ3) is 18.8. The maximum atomic E-state index is 9.83. The van der Waals surface area contributed by atoms with E-state index in [1.807, 2.05) is 0 Å². The number of carbonyl (C=O) groups excluding carboxylic acids is 2. The first-order valence-electron chi connectivity index (χ1n) is 2.15. The Labute approximate surface area is 95.2 Å². The zero-order chi connectivity index (χ0) is 10.1. The van der Waals surface area contributed by atoms with Gasteiger partial charge in [-0.3, -0.25) is 0 Å². The summed E-state index contributed by atoms with van der Waals surface area (Å²) in [4.78, 5) is 19.7. The summed E-state index contributed by atoms with van der Waals surface area (Å²) in [5.74, 6) is -2.69. The quantitative estimate of drug-likeness (QED) is 0.315. The molecule has 0 spiro atoms. The molecule has 72 valence electrons. The summed E-state index contributed by atoms with van der Waals surface area (Å²) in [6.45, 7) is 0. The molecule has 0 aliphatic heterocycles. The van der Waals surface area contributed by atoms with Gasteiger partial charge in [0, 0.05) is 0 Å². The molecule has 13 heavy (non-hydrogen) atoms. The molecule has 0 amide bonds. The predicted octanol–water partition coefficient (Wildman–Crippen LogP) is -2.32. The van der Waals surface area contributed by atoms with Crippen LogP contribution in [0.25, 0.3) is 0 Å². The molecule has 0 aromatic heterocycles. The standard InChI is InChI=1S/C2Cl2O4.BH3O3.Li.H/c3-7-1(5)2(6)8-4;2-1(3)4;;/h;2-4H;;. The fraction of sp³-hybridized carbons (Fsp3) is 0. The van der Waals surface area contributed by atoms with Crippen molar-refractivity contribution >= 4 is 61.9 Å². The second-order valence-corrected chi connectivity index (χ2v) is 1.38. The van der Waals surface area contributed by atoms with Crippen molar-refractivity contribution in [2.75, 3.05) is 0 Å². The van der Waals surface area contributed by atoms with Crippen LogP contribution >= 0.6 is 23.7 Å². The average molecular weight is 229 g/mol. The first-order valence-corrected chi connectivity index (χ1v) is 2.77. The van der Waals surface area contributed by atoms with Crippen LogP contribution in [0, 0.1) is 0 Å². The van der Waals surface area contributed by atoms with Crippen molar-refractivity contribution in [3.8, 4) is 0 Å². The average Bonchev–Trinajstić information content (AvgIpc) is 2.00. The van der Waals surface area contributed by atoms with Gasteiger partial charge < -0.3 is 23.7 Å². The summed E-state index contributed by atoms with van der Waals surface area (Å²) in [5, 5.41) is 21.5. The Morgan fingerprint density at radius 2 is 1.15 bits per heavy atom. The van der Waals surface area contributed by atoms with Crippen LogP contribution in [0.15, 0.2) is 0 Å². The minimum absolute atomic E-state index is 0. The van der Waals surface area contributed by atoms with Crippen molar-refractivity contribution < 1.29 is 33.2 Å². The number of hydrogen-bond donors (Lipinski definition) is 3. The van der Waals surface area contributed by atoms with Crippen LogP contribution in [-0.2, 0) is 18.2 Å². The van der Waals surface area contributed by atoms with Crippen LogP contribution in [-0.4, -0.2) is 53.2 Å². The molecule has 0 atom stereocenters. The second kappa shape index (κ2) is 12.1. The molecule has 7 nitrogen and oxygen atoms in total. The Bertz CT molecular complexity index is 137. The molecule has 0 fully saturated rings. The third-order valence-electron chi connectivity index (χ3n) is 0.307. The first kappa shape index (κ1) is 18.8. The molecule has 0 aliphatic rings. The van der Waals surface area contributed by atoms with E-state index in [2.05, 4.69) is 32.3 Å². The summed E-state index contributed by atoms with van der Waals surface area (Å²) in [6, 6.07) is 0. The monoisotopic (exact) mass is 228 g/mol. The molecule has 0 aromatic carbocycles. The van der Waals surface area contributed by atoms with Gasteiger partial charge in [-0.1, -0.05) is 0 Å². The Hall–Kier alpha value is 0.0623. The van der Waals surface area contributed by atoms with E-state index in [9.17, 15) is 9.59 Å². The Balaban J connectivity index is -0.000000173. The molecule has 0 unspecified atom stereocenters. The Morgan fingerprint density at radius 3 is 1.23 bits per heavy atom. The molecule has 11 heteroatoms. The molecule has 0 aromatic rings. The fourth-order valence-electron chi connectivity index (χ4n) is 0.0630. The zero-order valence-electron chi connectivity index (χ0n) is 5.31. The molecule has 0 heterocycles. The summed E-state index contributed by atoms with van der Waals surface area (Å²) >= 11 is 8.83. The van der Waals surface area contributed by atoms with Crippen LogP contribution in [0.2, 0.25) is 0 Å². The van der Waals surface area contributed by atoms with Gasteiger partial charge in [-0.15, -0.1) is 0 Å². The molecule has 0 bridgehead atoms. The van der Waals surface area contributed by atoms with Crippen molar-refractivity contribution in [1.82, 2.24) is 0 Å². The van der Waals surface area contributed by atoms with Gasteiger partial charge in [0.25, 0.3) is 0 Å². The summed E-state index contributed by atoms with van der Waals surface area (Å²) in [7, 11) is -2.17. The van der Waals surface area contributed by atoms with Crippen LogP contribution in [0.3, 0.4) is 0 Å². The third-order valence-corrected chi connectivity index (χ3v) is 0.587. The van der Waals surface area contributed by atoms with Gasteiger partial charge in [0.15, 0.2) is 0 Å². The topological polar surface area (TPSA) is 113 Å². The molecule has 0 rings (SSSR count). The van der Waals surface area contributed by atoms with E-state index in [0.717, 1.165) is 0 Å². The van der Waals surface area contributed by atoms with E-state index in [0.29, 0.717) is 0 Å². The molecular formula is C2H4BCl2LiO7. The maximum absolute atomic E-state index is 9.83. The number of halogens is 2. The van der Waals surface area contributed by atoms with E-state index < -0.39 is 19.3 Å². The van der Waals surface area contributed by atoms with Gasteiger partial charge in [0.05, 0.1) is 0 Å². The second-order valence-electron chi connectivity index (χ2n) is 1.08. The van der Waals surface area contributed by atoms with Crippen LogP contribution < -0.4 is 0 Å². The van der Waals surface area contributed by atoms with Crippen LogP contribution in [0.1, 0.15) is 0 Å². The molecular weight excluding hydrogens is 225 g/mol. The van der Waals surface area contributed by atoms with E-state index in [4.69, 9.17) is 15.1 Å². The first-order chi connectivity index (χ1) is 5.45. The molecule has 0 radical (unpaired) electrons. The summed E-state index contributed by atoms with van der Waals surface area (Å²) < 4.78 is 6.75. The fourth-order valence-corrected chi connectivity index (χ4v) is 0.189. The Morgan fingerprint density at radius 1 is 1.00 bits per heavy atom. The minimum atomic E-state index is -2.17. The van der Waals surface area contributed by atoms with Crippen molar-refractivity contribution in [1.29, 1.82) is 0 Å². The Kier molecular flexibility index (Phi) is 17.4. The van der Waals surface area contributed by atoms with Gasteiger partial charge in [-0.05, 0) is 0 Å². The van der Waals surface area contributed by atoms with Gasteiger partial charge in [-0.2, -0.15) is 0 Å².